The van der Waals surface area contributed by atoms with E-state index in [4.69, 9.17) is 9.72 Å². The number of rotatable bonds is 7. The molecule has 0 spiro atoms. The van der Waals surface area contributed by atoms with Crippen LogP contribution in [0, 0.1) is 0 Å². The molecular weight excluding hydrogens is 468 g/mol. The van der Waals surface area contributed by atoms with Crippen molar-refractivity contribution in [1.29, 1.82) is 0 Å². The molecule has 0 fully saturated rings. The minimum Gasteiger partial charge on any atom is -0.497 e. The van der Waals surface area contributed by atoms with Gasteiger partial charge in [-0.25, -0.2) is 13.4 Å². The van der Waals surface area contributed by atoms with Crippen LogP contribution in [0.3, 0.4) is 0 Å². The summed E-state index contributed by atoms with van der Waals surface area (Å²) in [6, 6.07) is 34.8. The molecule has 1 aromatic heterocycles. The minimum absolute atomic E-state index is 0.204. The predicted octanol–water partition coefficient (Wildman–Crippen LogP) is 6.54. The van der Waals surface area contributed by atoms with Gasteiger partial charge in [0, 0.05) is 16.5 Å². The zero-order valence-electron chi connectivity index (χ0n) is 20.1. The first-order chi connectivity index (χ1) is 17.5. The van der Waals surface area contributed by atoms with Gasteiger partial charge < -0.3 is 4.74 Å². The van der Waals surface area contributed by atoms with Crippen LogP contribution in [0.1, 0.15) is 5.56 Å². The Hall–Kier alpha value is -4.16. The summed E-state index contributed by atoms with van der Waals surface area (Å²) in [4.78, 5) is 5.05. The van der Waals surface area contributed by atoms with Crippen LogP contribution in [-0.2, 0) is 16.6 Å². The fourth-order valence-corrected chi connectivity index (χ4v) is 5.31. The van der Waals surface area contributed by atoms with Crippen molar-refractivity contribution in [3.63, 3.8) is 0 Å². The lowest BCUT2D eigenvalue weighted by Gasteiger charge is -2.28. The largest absolute Gasteiger partial charge is 0.497 e. The Labute approximate surface area is 211 Å². The Morgan fingerprint density at radius 3 is 2.00 bits per heavy atom. The number of pyridine rings is 1. The first-order valence-electron chi connectivity index (χ1n) is 11.6. The van der Waals surface area contributed by atoms with E-state index in [1.807, 2.05) is 109 Å². The third-order valence-electron chi connectivity index (χ3n) is 6.11. The quantitative estimate of drug-likeness (QED) is 0.258. The molecule has 180 valence electrons. The number of hydrogen-bond donors (Lipinski definition) is 0. The third-order valence-corrected chi connectivity index (χ3v) is 7.22. The van der Waals surface area contributed by atoms with E-state index in [2.05, 4.69) is 0 Å². The Balaban J connectivity index is 1.88. The molecule has 0 aliphatic heterocycles. The lowest BCUT2D eigenvalue weighted by molar-refractivity contribution is 0.415. The maximum Gasteiger partial charge on any atom is 0.232 e. The number of ether oxygens (including phenoxy) is 1. The van der Waals surface area contributed by atoms with Crippen molar-refractivity contribution in [3.8, 4) is 28.1 Å². The number of fused-ring (bicyclic) bond motifs is 1. The predicted molar refractivity (Wildman–Crippen MR) is 147 cm³/mol. The zero-order chi connectivity index (χ0) is 25.1. The number of para-hydroxylation sites is 1. The average Bonchev–Trinajstić information content (AvgIpc) is 2.91. The van der Waals surface area contributed by atoms with Gasteiger partial charge in [0.25, 0.3) is 0 Å². The van der Waals surface area contributed by atoms with E-state index in [1.54, 1.807) is 7.11 Å². The standard InChI is InChI=1S/C30H26N2O3S/c1-35-25-19-17-24(18-20-25)29-28(23-13-7-4-8-14-23)30(26-15-9-10-16-27(26)31-29)32(36(2,33)34)21-22-11-5-3-6-12-22/h3-20H,21H2,1-2H3. The Kier molecular flexibility index (Phi) is 6.44. The molecule has 6 heteroatoms. The summed E-state index contributed by atoms with van der Waals surface area (Å²) in [6.07, 6.45) is 1.26. The second-order valence-corrected chi connectivity index (χ2v) is 10.5. The van der Waals surface area contributed by atoms with E-state index in [0.29, 0.717) is 11.4 Å². The molecule has 0 aliphatic carbocycles. The topological polar surface area (TPSA) is 59.5 Å². The smallest absolute Gasteiger partial charge is 0.232 e. The van der Waals surface area contributed by atoms with Crippen LogP contribution in [0.15, 0.2) is 109 Å². The molecule has 0 atom stereocenters. The summed E-state index contributed by atoms with van der Waals surface area (Å²) < 4.78 is 33.6. The van der Waals surface area contributed by atoms with Gasteiger partial charge in [-0.1, -0.05) is 78.9 Å². The Bertz CT molecular complexity index is 1600. The SMILES string of the molecule is COc1ccc(-c2nc3ccccc3c(N(Cc3ccccc3)S(C)(=O)=O)c2-c2ccccc2)cc1. The van der Waals surface area contributed by atoms with Gasteiger partial charge in [0.1, 0.15) is 5.75 Å². The van der Waals surface area contributed by atoms with Gasteiger partial charge in [0.15, 0.2) is 0 Å². The number of benzene rings is 4. The van der Waals surface area contributed by atoms with Gasteiger partial charge in [-0.2, -0.15) is 0 Å². The fraction of sp³-hybridized carbons (Fsp3) is 0.100. The van der Waals surface area contributed by atoms with Crippen molar-refractivity contribution in [2.75, 3.05) is 17.7 Å². The van der Waals surface area contributed by atoms with E-state index >= 15 is 0 Å². The second kappa shape index (κ2) is 9.84. The minimum atomic E-state index is -3.66. The highest BCUT2D eigenvalue weighted by Gasteiger charge is 2.27. The number of aromatic nitrogens is 1. The van der Waals surface area contributed by atoms with Crippen molar-refractivity contribution >= 4 is 26.6 Å². The first-order valence-corrected chi connectivity index (χ1v) is 13.4. The molecule has 0 aliphatic rings. The number of hydrogen-bond acceptors (Lipinski definition) is 4. The average molecular weight is 495 g/mol. The number of anilines is 1. The van der Waals surface area contributed by atoms with Crippen LogP contribution >= 0.6 is 0 Å². The van der Waals surface area contributed by atoms with Crippen LogP contribution in [0.25, 0.3) is 33.3 Å². The van der Waals surface area contributed by atoms with Crippen LogP contribution < -0.4 is 9.04 Å². The van der Waals surface area contributed by atoms with Crippen molar-refractivity contribution in [1.82, 2.24) is 4.98 Å². The highest BCUT2D eigenvalue weighted by molar-refractivity contribution is 7.92. The van der Waals surface area contributed by atoms with Crippen molar-refractivity contribution < 1.29 is 13.2 Å². The summed E-state index contributed by atoms with van der Waals surface area (Å²) in [6.45, 7) is 0.204. The van der Waals surface area contributed by atoms with E-state index in [-0.39, 0.29) is 6.54 Å². The zero-order valence-corrected chi connectivity index (χ0v) is 20.9. The van der Waals surface area contributed by atoms with E-state index in [9.17, 15) is 8.42 Å². The van der Waals surface area contributed by atoms with Gasteiger partial charge in [0.2, 0.25) is 10.0 Å². The van der Waals surface area contributed by atoms with Gasteiger partial charge >= 0.3 is 0 Å². The Morgan fingerprint density at radius 1 is 0.750 bits per heavy atom. The van der Waals surface area contributed by atoms with Crippen molar-refractivity contribution in [2.24, 2.45) is 0 Å². The second-order valence-electron chi connectivity index (χ2n) is 8.55. The summed E-state index contributed by atoms with van der Waals surface area (Å²) in [7, 11) is -2.03. The molecule has 5 nitrogen and oxygen atoms in total. The first kappa shape index (κ1) is 23.6. The van der Waals surface area contributed by atoms with Crippen LogP contribution in [0.4, 0.5) is 5.69 Å². The molecule has 5 aromatic rings. The lowest BCUT2D eigenvalue weighted by atomic mass is 9.94. The van der Waals surface area contributed by atoms with Crippen LogP contribution in [-0.4, -0.2) is 26.8 Å². The summed E-state index contributed by atoms with van der Waals surface area (Å²) in [5.41, 5.74) is 5.46. The monoisotopic (exact) mass is 494 g/mol. The summed E-state index contributed by atoms with van der Waals surface area (Å²) >= 11 is 0. The van der Waals surface area contributed by atoms with Gasteiger partial charge in [-0.05, 0) is 41.5 Å². The lowest BCUT2D eigenvalue weighted by Crippen LogP contribution is -2.30. The van der Waals surface area contributed by atoms with Crippen molar-refractivity contribution in [3.05, 3.63) is 115 Å². The van der Waals surface area contributed by atoms with E-state index < -0.39 is 10.0 Å². The molecule has 5 rings (SSSR count). The Morgan fingerprint density at radius 2 is 1.36 bits per heavy atom. The molecule has 0 radical (unpaired) electrons. The van der Waals surface area contributed by atoms with Gasteiger partial charge in [-0.15, -0.1) is 0 Å². The normalized spacial score (nSPS) is 11.4. The van der Waals surface area contributed by atoms with E-state index in [0.717, 1.165) is 38.9 Å². The third kappa shape index (κ3) is 4.68. The van der Waals surface area contributed by atoms with E-state index in [1.165, 1.54) is 10.6 Å². The highest BCUT2D eigenvalue weighted by atomic mass is 32.2. The molecule has 1 heterocycles. The van der Waals surface area contributed by atoms with Gasteiger partial charge in [0.05, 0.1) is 36.8 Å². The molecule has 0 unspecified atom stereocenters. The molecule has 0 bridgehead atoms. The number of nitrogens with zero attached hydrogens (tertiary/aromatic N) is 2. The van der Waals surface area contributed by atoms with Crippen LogP contribution in [0.5, 0.6) is 5.75 Å². The summed E-state index contributed by atoms with van der Waals surface area (Å²) in [5.74, 6) is 0.739. The molecule has 36 heavy (non-hydrogen) atoms. The molecule has 4 aromatic carbocycles. The maximum atomic E-state index is 13.4. The van der Waals surface area contributed by atoms with Crippen LogP contribution in [0.2, 0.25) is 0 Å². The molecule has 0 N–H and O–H groups in total. The fourth-order valence-electron chi connectivity index (χ4n) is 4.40. The molecule has 0 saturated heterocycles. The molecule has 0 saturated carbocycles. The number of methoxy groups -OCH3 is 1. The highest BCUT2D eigenvalue weighted by Crippen LogP contribution is 2.44. The number of sulfonamides is 1. The summed E-state index contributed by atoms with van der Waals surface area (Å²) in [5, 5.41) is 0.773. The van der Waals surface area contributed by atoms with Crippen molar-refractivity contribution in [2.45, 2.75) is 6.54 Å². The molecule has 0 amide bonds. The molecular formula is C30H26N2O3S. The maximum absolute atomic E-state index is 13.4. The van der Waals surface area contributed by atoms with Gasteiger partial charge in [-0.3, -0.25) is 4.31 Å².